The molecular formula is C17H30N4. The van der Waals surface area contributed by atoms with Gasteiger partial charge in [0.1, 0.15) is 5.82 Å². The second-order valence-electron chi connectivity index (χ2n) is 6.96. The van der Waals surface area contributed by atoms with Gasteiger partial charge in [0.05, 0.1) is 18.1 Å². The van der Waals surface area contributed by atoms with Gasteiger partial charge in [0, 0.05) is 19.6 Å². The average molecular weight is 290 g/mol. The number of piperidine rings is 1. The van der Waals surface area contributed by atoms with E-state index in [1.807, 2.05) is 12.4 Å². The Morgan fingerprint density at radius 2 is 1.86 bits per heavy atom. The summed E-state index contributed by atoms with van der Waals surface area (Å²) in [5.74, 6) is 3.37. The lowest BCUT2D eigenvalue weighted by Gasteiger charge is -2.34. The summed E-state index contributed by atoms with van der Waals surface area (Å²) in [5.41, 5.74) is 1.02. The van der Waals surface area contributed by atoms with Crippen LogP contribution in [0.4, 0.5) is 5.82 Å². The van der Waals surface area contributed by atoms with Gasteiger partial charge in [-0.05, 0) is 37.1 Å². The molecule has 4 heteroatoms. The Hall–Kier alpha value is -1.16. The molecule has 2 rings (SSSR count). The molecule has 0 atom stereocenters. The summed E-state index contributed by atoms with van der Waals surface area (Å²) < 4.78 is 0. The molecule has 1 aromatic rings. The highest BCUT2D eigenvalue weighted by atomic mass is 15.2. The van der Waals surface area contributed by atoms with Crippen molar-refractivity contribution in [3.8, 4) is 0 Å². The molecule has 4 nitrogen and oxygen atoms in total. The van der Waals surface area contributed by atoms with Gasteiger partial charge >= 0.3 is 0 Å². The molecule has 0 saturated carbocycles. The van der Waals surface area contributed by atoms with E-state index in [-0.39, 0.29) is 0 Å². The van der Waals surface area contributed by atoms with Gasteiger partial charge in [-0.15, -0.1) is 0 Å². The van der Waals surface area contributed by atoms with Gasteiger partial charge in [0.15, 0.2) is 0 Å². The Labute approximate surface area is 129 Å². The fraction of sp³-hybridized carbons (Fsp3) is 0.765. The summed E-state index contributed by atoms with van der Waals surface area (Å²) in [7, 11) is 0. The first-order valence-corrected chi connectivity index (χ1v) is 8.33. The maximum atomic E-state index is 4.59. The second kappa shape index (κ2) is 7.74. The monoisotopic (exact) mass is 290 g/mol. The minimum Gasteiger partial charge on any atom is -0.355 e. The van der Waals surface area contributed by atoms with Gasteiger partial charge in [0.25, 0.3) is 0 Å². The number of nitrogens with one attached hydrogen (secondary N) is 1. The van der Waals surface area contributed by atoms with Gasteiger partial charge in [-0.25, -0.2) is 4.98 Å². The molecule has 0 amide bonds. The molecule has 1 aliphatic rings. The van der Waals surface area contributed by atoms with Crippen molar-refractivity contribution in [2.24, 2.45) is 17.8 Å². The fourth-order valence-corrected chi connectivity index (χ4v) is 2.89. The van der Waals surface area contributed by atoms with Crippen molar-refractivity contribution in [1.29, 1.82) is 0 Å². The maximum Gasteiger partial charge on any atom is 0.147 e. The third-order valence-corrected chi connectivity index (χ3v) is 4.36. The van der Waals surface area contributed by atoms with Crippen molar-refractivity contribution >= 4 is 5.82 Å². The molecule has 1 fully saturated rings. The summed E-state index contributed by atoms with van der Waals surface area (Å²) in [4.78, 5) is 11.5. The van der Waals surface area contributed by atoms with Gasteiger partial charge in [0.2, 0.25) is 0 Å². The van der Waals surface area contributed by atoms with Crippen LogP contribution in [0.2, 0.25) is 0 Å². The third-order valence-electron chi connectivity index (χ3n) is 4.36. The minimum absolute atomic E-state index is 0.666. The largest absolute Gasteiger partial charge is 0.355 e. The number of nitrogens with zero attached hydrogens (tertiary/aromatic N) is 3. The number of anilines is 1. The lowest BCUT2D eigenvalue weighted by atomic mass is 9.87. The predicted molar refractivity (Wildman–Crippen MR) is 88.4 cm³/mol. The Balaban J connectivity index is 1.82. The van der Waals surface area contributed by atoms with Gasteiger partial charge in [-0.1, -0.05) is 27.7 Å². The molecule has 1 aromatic heterocycles. The van der Waals surface area contributed by atoms with Crippen molar-refractivity contribution in [1.82, 2.24) is 15.3 Å². The van der Waals surface area contributed by atoms with Crippen molar-refractivity contribution < 1.29 is 0 Å². The quantitative estimate of drug-likeness (QED) is 0.874. The lowest BCUT2D eigenvalue weighted by molar-refractivity contribution is 0.310. The summed E-state index contributed by atoms with van der Waals surface area (Å²) in [6, 6.07) is 0. The molecule has 1 aliphatic heterocycles. The maximum absolute atomic E-state index is 4.59. The van der Waals surface area contributed by atoms with Crippen molar-refractivity contribution in [3.63, 3.8) is 0 Å². The molecule has 1 N–H and O–H groups in total. The zero-order chi connectivity index (χ0) is 15.2. The highest BCUT2D eigenvalue weighted by Crippen LogP contribution is 2.26. The lowest BCUT2D eigenvalue weighted by Crippen LogP contribution is -2.35. The number of hydrogen-bond acceptors (Lipinski definition) is 4. The molecule has 0 aromatic carbocycles. The third kappa shape index (κ3) is 4.95. The zero-order valence-corrected chi connectivity index (χ0v) is 14.0. The van der Waals surface area contributed by atoms with Crippen LogP contribution in [0.5, 0.6) is 0 Å². The average Bonchev–Trinajstić information content (AvgIpc) is 2.48. The van der Waals surface area contributed by atoms with E-state index in [0.29, 0.717) is 5.92 Å². The molecule has 1 saturated heterocycles. The molecule has 118 valence electrons. The van der Waals surface area contributed by atoms with Crippen LogP contribution in [-0.4, -0.2) is 29.6 Å². The first kappa shape index (κ1) is 16.2. The Morgan fingerprint density at radius 1 is 1.14 bits per heavy atom. The number of aromatic nitrogens is 2. The van der Waals surface area contributed by atoms with Crippen molar-refractivity contribution in [2.45, 2.75) is 47.1 Å². The molecule has 2 heterocycles. The smallest absolute Gasteiger partial charge is 0.147 e. The molecule has 0 aliphatic carbocycles. The van der Waals surface area contributed by atoms with E-state index in [2.05, 4.69) is 47.9 Å². The van der Waals surface area contributed by atoms with Gasteiger partial charge < -0.3 is 10.2 Å². The van der Waals surface area contributed by atoms with Crippen LogP contribution in [0.3, 0.4) is 0 Å². The topological polar surface area (TPSA) is 41.1 Å². The molecular weight excluding hydrogens is 260 g/mol. The van der Waals surface area contributed by atoms with E-state index >= 15 is 0 Å². The standard InChI is InChI=1S/C17H30N4/c1-13(2)9-18-10-16-11-20-17(12-19-16)21-7-5-15(6-8-21)14(3)4/h11-15,18H,5-10H2,1-4H3. The SMILES string of the molecule is CC(C)CNCc1cnc(N2CCC(C(C)C)CC2)cn1. The highest BCUT2D eigenvalue weighted by molar-refractivity contribution is 5.36. The molecule has 0 unspecified atom stereocenters. The van der Waals surface area contributed by atoms with Crippen LogP contribution in [0.15, 0.2) is 12.4 Å². The minimum atomic E-state index is 0.666. The summed E-state index contributed by atoms with van der Waals surface area (Å²) >= 11 is 0. The predicted octanol–water partition coefficient (Wildman–Crippen LogP) is 3.09. The summed E-state index contributed by atoms with van der Waals surface area (Å²) in [6.45, 7) is 13.1. The number of hydrogen-bond donors (Lipinski definition) is 1. The highest BCUT2D eigenvalue weighted by Gasteiger charge is 2.22. The molecule has 0 spiro atoms. The Bertz CT molecular complexity index is 405. The Morgan fingerprint density at radius 3 is 2.38 bits per heavy atom. The van der Waals surface area contributed by atoms with E-state index in [1.165, 1.54) is 12.8 Å². The molecule has 0 bridgehead atoms. The van der Waals surface area contributed by atoms with Crippen molar-refractivity contribution in [3.05, 3.63) is 18.1 Å². The second-order valence-corrected chi connectivity index (χ2v) is 6.96. The van der Waals surface area contributed by atoms with Crippen LogP contribution in [0.25, 0.3) is 0 Å². The van der Waals surface area contributed by atoms with Crippen LogP contribution in [0, 0.1) is 17.8 Å². The fourth-order valence-electron chi connectivity index (χ4n) is 2.89. The zero-order valence-electron chi connectivity index (χ0n) is 14.0. The van der Waals surface area contributed by atoms with E-state index in [4.69, 9.17) is 0 Å². The van der Waals surface area contributed by atoms with Gasteiger partial charge in [-0.3, -0.25) is 4.98 Å². The first-order valence-electron chi connectivity index (χ1n) is 8.33. The van der Waals surface area contributed by atoms with E-state index < -0.39 is 0 Å². The van der Waals surface area contributed by atoms with Crippen LogP contribution >= 0.6 is 0 Å². The van der Waals surface area contributed by atoms with E-state index in [1.54, 1.807) is 0 Å². The van der Waals surface area contributed by atoms with Crippen LogP contribution in [-0.2, 0) is 6.54 Å². The van der Waals surface area contributed by atoms with Gasteiger partial charge in [-0.2, -0.15) is 0 Å². The van der Waals surface area contributed by atoms with Crippen LogP contribution < -0.4 is 10.2 Å². The molecule has 21 heavy (non-hydrogen) atoms. The Kier molecular flexibility index (Phi) is 5.97. The number of rotatable bonds is 6. The summed E-state index contributed by atoms with van der Waals surface area (Å²) in [5, 5.41) is 3.40. The van der Waals surface area contributed by atoms with Crippen molar-refractivity contribution in [2.75, 3.05) is 24.5 Å². The first-order chi connectivity index (χ1) is 10.1. The van der Waals surface area contributed by atoms with E-state index in [0.717, 1.165) is 49.5 Å². The van der Waals surface area contributed by atoms with E-state index in [9.17, 15) is 0 Å². The molecule has 0 radical (unpaired) electrons. The summed E-state index contributed by atoms with van der Waals surface area (Å²) in [6.07, 6.45) is 6.40. The van der Waals surface area contributed by atoms with Crippen LogP contribution in [0.1, 0.15) is 46.2 Å². The normalized spacial score (nSPS) is 17.0.